The number of nitrogens with one attached hydrogen (secondary N) is 1. The van der Waals surface area contributed by atoms with Gasteiger partial charge in [-0.3, -0.25) is 9.59 Å². The molecule has 5 nitrogen and oxygen atoms in total. The molecule has 0 spiro atoms. The highest BCUT2D eigenvalue weighted by Crippen LogP contribution is 2.41. The fourth-order valence-corrected chi connectivity index (χ4v) is 4.48. The number of rotatable bonds is 6. The van der Waals surface area contributed by atoms with Crippen LogP contribution in [0.2, 0.25) is 0 Å². The Hall–Kier alpha value is -2.18. The van der Waals surface area contributed by atoms with Gasteiger partial charge in [0.05, 0.1) is 18.6 Å². The molecule has 2 amide bonds. The number of carbonyl (C=O) groups excluding carboxylic acids is 2. The van der Waals surface area contributed by atoms with Crippen LogP contribution in [0.5, 0.6) is 0 Å². The highest BCUT2D eigenvalue weighted by molar-refractivity contribution is 7.10. The lowest BCUT2D eigenvalue weighted by atomic mass is 9.86. The fourth-order valence-electron chi connectivity index (χ4n) is 3.60. The quantitative estimate of drug-likeness (QED) is 0.824. The summed E-state index contributed by atoms with van der Waals surface area (Å²) >= 11 is 1.58. The Labute approximate surface area is 164 Å². The zero-order valence-corrected chi connectivity index (χ0v) is 16.8. The zero-order valence-electron chi connectivity index (χ0n) is 16.0. The molecule has 1 N–H and O–H groups in total. The van der Waals surface area contributed by atoms with E-state index in [-0.39, 0.29) is 29.8 Å². The Balaban J connectivity index is 1.94. The number of anilines is 1. The summed E-state index contributed by atoms with van der Waals surface area (Å²) < 4.78 is 5.13. The van der Waals surface area contributed by atoms with Gasteiger partial charge in [0.2, 0.25) is 11.8 Å². The number of aryl methyl sites for hydroxylation is 1. The van der Waals surface area contributed by atoms with Crippen LogP contribution >= 0.6 is 11.3 Å². The molecule has 144 valence electrons. The molecule has 1 fully saturated rings. The second-order valence-electron chi connectivity index (χ2n) is 7.07. The molecule has 0 saturated carbocycles. The predicted molar refractivity (Wildman–Crippen MR) is 108 cm³/mol. The monoisotopic (exact) mass is 386 g/mol. The standard InChI is InChI=1S/C21H26N2O3S/c1-14-6-8-16(9-7-14)23-19(24)11-10-17(20(23)18-5-4-12-27-18)21(25)22-15(2)13-26-3/h4-9,12,15,17,20H,10-11,13H2,1-3H3,(H,22,25). The van der Waals surface area contributed by atoms with Crippen LogP contribution in [0, 0.1) is 12.8 Å². The van der Waals surface area contributed by atoms with Crippen LogP contribution in [0.3, 0.4) is 0 Å². The van der Waals surface area contributed by atoms with Gasteiger partial charge in [0.25, 0.3) is 0 Å². The Morgan fingerprint density at radius 1 is 1.33 bits per heavy atom. The normalized spacial score (nSPS) is 21.1. The Morgan fingerprint density at radius 2 is 2.07 bits per heavy atom. The molecule has 0 radical (unpaired) electrons. The van der Waals surface area contributed by atoms with Crippen molar-refractivity contribution in [3.05, 3.63) is 52.2 Å². The van der Waals surface area contributed by atoms with E-state index in [9.17, 15) is 9.59 Å². The molecule has 1 saturated heterocycles. The Kier molecular flexibility index (Phi) is 6.29. The van der Waals surface area contributed by atoms with Crippen LogP contribution in [0.25, 0.3) is 0 Å². The molecule has 6 heteroatoms. The second kappa shape index (κ2) is 8.67. The van der Waals surface area contributed by atoms with Crippen LogP contribution in [-0.4, -0.2) is 31.6 Å². The van der Waals surface area contributed by atoms with E-state index in [2.05, 4.69) is 5.32 Å². The van der Waals surface area contributed by atoms with Gasteiger partial charge < -0.3 is 15.0 Å². The summed E-state index contributed by atoms with van der Waals surface area (Å²) in [6.07, 6.45) is 0.918. The number of piperidine rings is 1. The Bertz CT molecular complexity index is 773. The molecule has 27 heavy (non-hydrogen) atoms. The molecule has 1 aliphatic heterocycles. The number of ether oxygens (including phenoxy) is 1. The van der Waals surface area contributed by atoms with Gasteiger partial charge >= 0.3 is 0 Å². The van der Waals surface area contributed by atoms with Crippen LogP contribution < -0.4 is 10.2 Å². The fraction of sp³-hybridized carbons (Fsp3) is 0.429. The number of hydrogen-bond donors (Lipinski definition) is 1. The van der Waals surface area contributed by atoms with Crippen molar-refractivity contribution in [2.24, 2.45) is 5.92 Å². The number of hydrogen-bond acceptors (Lipinski definition) is 4. The maximum absolute atomic E-state index is 13.0. The topological polar surface area (TPSA) is 58.6 Å². The van der Waals surface area contributed by atoms with Crippen LogP contribution in [0.4, 0.5) is 5.69 Å². The van der Waals surface area contributed by atoms with E-state index in [1.54, 1.807) is 23.3 Å². The largest absolute Gasteiger partial charge is 0.383 e. The molecule has 2 aromatic rings. The average molecular weight is 387 g/mol. The number of carbonyl (C=O) groups is 2. The van der Waals surface area contributed by atoms with Crippen LogP contribution in [0.1, 0.15) is 36.2 Å². The molecule has 3 rings (SSSR count). The van der Waals surface area contributed by atoms with Gasteiger partial charge in [-0.1, -0.05) is 23.8 Å². The van der Waals surface area contributed by atoms with Gasteiger partial charge in [-0.2, -0.15) is 0 Å². The maximum atomic E-state index is 13.0. The first-order valence-electron chi connectivity index (χ1n) is 9.22. The van der Waals surface area contributed by atoms with E-state index >= 15 is 0 Å². The summed E-state index contributed by atoms with van der Waals surface area (Å²) in [5.74, 6) is -0.254. The molecule has 1 aromatic carbocycles. The molecule has 1 aliphatic rings. The minimum absolute atomic E-state index is 0.0254. The molecular formula is C21H26N2O3S. The maximum Gasteiger partial charge on any atom is 0.227 e. The SMILES string of the molecule is COCC(C)NC(=O)C1CCC(=O)N(c2ccc(C)cc2)C1c1cccs1. The minimum atomic E-state index is -0.290. The number of benzene rings is 1. The smallest absolute Gasteiger partial charge is 0.227 e. The van der Waals surface area contributed by atoms with E-state index in [0.29, 0.717) is 19.4 Å². The number of methoxy groups -OCH3 is 1. The van der Waals surface area contributed by atoms with Crippen molar-refractivity contribution >= 4 is 28.8 Å². The highest BCUT2D eigenvalue weighted by Gasteiger charge is 2.42. The minimum Gasteiger partial charge on any atom is -0.383 e. The molecule has 1 aromatic heterocycles. The summed E-state index contributed by atoms with van der Waals surface area (Å²) in [5, 5.41) is 5.03. The van der Waals surface area contributed by atoms with Crippen molar-refractivity contribution in [1.82, 2.24) is 5.32 Å². The van der Waals surface area contributed by atoms with Crippen molar-refractivity contribution in [2.75, 3.05) is 18.6 Å². The van der Waals surface area contributed by atoms with E-state index in [1.807, 2.05) is 55.6 Å². The van der Waals surface area contributed by atoms with Gasteiger partial charge in [-0.25, -0.2) is 0 Å². The van der Waals surface area contributed by atoms with Crippen molar-refractivity contribution < 1.29 is 14.3 Å². The van der Waals surface area contributed by atoms with E-state index in [4.69, 9.17) is 4.74 Å². The molecular weight excluding hydrogens is 360 g/mol. The molecule has 0 aliphatic carbocycles. The lowest BCUT2D eigenvalue weighted by molar-refractivity contribution is -0.130. The summed E-state index contributed by atoms with van der Waals surface area (Å²) in [7, 11) is 1.62. The molecule has 3 unspecified atom stereocenters. The van der Waals surface area contributed by atoms with Gasteiger partial charge in [-0.15, -0.1) is 11.3 Å². The first kappa shape index (κ1) is 19.6. The van der Waals surface area contributed by atoms with Crippen molar-refractivity contribution in [3.8, 4) is 0 Å². The highest BCUT2D eigenvalue weighted by atomic mass is 32.1. The van der Waals surface area contributed by atoms with Gasteiger partial charge in [0.15, 0.2) is 0 Å². The molecule has 3 atom stereocenters. The number of nitrogens with zero attached hydrogens (tertiary/aromatic N) is 1. The first-order chi connectivity index (χ1) is 13.0. The summed E-state index contributed by atoms with van der Waals surface area (Å²) in [6, 6.07) is 11.5. The predicted octanol–water partition coefficient (Wildman–Crippen LogP) is 3.69. The van der Waals surface area contributed by atoms with Crippen molar-refractivity contribution in [3.63, 3.8) is 0 Å². The third-order valence-corrected chi connectivity index (χ3v) is 5.83. The van der Waals surface area contributed by atoms with Crippen LogP contribution in [0.15, 0.2) is 41.8 Å². The van der Waals surface area contributed by atoms with E-state index in [1.165, 1.54) is 0 Å². The second-order valence-corrected chi connectivity index (χ2v) is 8.05. The Morgan fingerprint density at radius 3 is 2.70 bits per heavy atom. The van der Waals surface area contributed by atoms with Crippen molar-refractivity contribution in [2.45, 2.75) is 38.8 Å². The number of amides is 2. The van der Waals surface area contributed by atoms with E-state index < -0.39 is 0 Å². The van der Waals surface area contributed by atoms with Gasteiger partial charge in [-0.05, 0) is 43.8 Å². The number of thiophene rings is 1. The van der Waals surface area contributed by atoms with E-state index in [0.717, 1.165) is 16.1 Å². The van der Waals surface area contributed by atoms with Gasteiger partial charge in [0.1, 0.15) is 0 Å². The third-order valence-electron chi connectivity index (χ3n) is 4.89. The average Bonchev–Trinajstić information content (AvgIpc) is 3.16. The molecule has 0 bridgehead atoms. The lowest BCUT2D eigenvalue weighted by Gasteiger charge is -2.40. The van der Waals surface area contributed by atoms with Crippen LogP contribution in [-0.2, 0) is 14.3 Å². The van der Waals surface area contributed by atoms with Crippen molar-refractivity contribution in [1.29, 1.82) is 0 Å². The summed E-state index contributed by atoms with van der Waals surface area (Å²) in [6.45, 7) is 4.40. The summed E-state index contributed by atoms with van der Waals surface area (Å²) in [4.78, 5) is 28.7. The lowest BCUT2D eigenvalue weighted by Crippen LogP contribution is -2.50. The van der Waals surface area contributed by atoms with Gasteiger partial charge in [0, 0.05) is 30.1 Å². The summed E-state index contributed by atoms with van der Waals surface area (Å²) in [5.41, 5.74) is 1.98. The first-order valence-corrected chi connectivity index (χ1v) is 10.1. The third kappa shape index (κ3) is 4.39. The molecule has 2 heterocycles. The zero-order chi connectivity index (χ0) is 19.4.